The second-order valence-corrected chi connectivity index (χ2v) is 6.00. The maximum Gasteiger partial charge on any atom is 0.306 e. The predicted molar refractivity (Wildman–Crippen MR) is 95.9 cm³/mol. The van der Waals surface area contributed by atoms with Crippen LogP contribution >= 0.6 is 0 Å². The third kappa shape index (κ3) is 5.26. The van der Waals surface area contributed by atoms with Gasteiger partial charge in [-0.05, 0) is 17.5 Å². The summed E-state index contributed by atoms with van der Waals surface area (Å²) in [4.78, 5) is 16.2. The van der Waals surface area contributed by atoms with Gasteiger partial charge in [0.1, 0.15) is 6.61 Å². The molecule has 0 spiro atoms. The molecule has 0 fully saturated rings. The Morgan fingerprint density at radius 3 is 2.38 bits per heavy atom. The molecule has 0 radical (unpaired) electrons. The molecule has 0 bridgehead atoms. The number of carbonyl (C=O) groups is 1. The topological polar surface area (TPSA) is 91.2 Å². The number of hydrogen-bond acceptors (Lipinski definition) is 6. The Labute approximate surface area is 152 Å². The fourth-order valence-electron chi connectivity index (χ4n) is 2.48. The third-order valence-corrected chi connectivity index (χ3v) is 3.91. The summed E-state index contributed by atoms with van der Waals surface area (Å²) in [5.74, 6) is 0.619. The van der Waals surface area contributed by atoms with Gasteiger partial charge in [0.15, 0.2) is 5.82 Å². The lowest BCUT2D eigenvalue weighted by Crippen LogP contribution is -2.14. The third-order valence-electron chi connectivity index (χ3n) is 3.91. The monoisotopic (exact) mass is 351 g/mol. The highest BCUT2D eigenvalue weighted by atomic mass is 16.5. The van der Waals surface area contributed by atoms with E-state index >= 15 is 0 Å². The highest BCUT2D eigenvalue weighted by Crippen LogP contribution is 2.16. The van der Waals surface area contributed by atoms with E-state index in [-0.39, 0.29) is 19.0 Å². The SMILES string of the molecule is N[C@@H](CCC(=O)OCc1ccccc1)c1nc(Cc2ccccc2)no1. The minimum atomic E-state index is -0.490. The Morgan fingerprint density at radius 1 is 1.04 bits per heavy atom. The molecule has 26 heavy (non-hydrogen) atoms. The quantitative estimate of drug-likeness (QED) is 0.627. The minimum absolute atomic E-state index is 0.199. The highest BCUT2D eigenvalue weighted by Gasteiger charge is 2.17. The first-order valence-corrected chi connectivity index (χ1v) is 8.52. The molecule has 1 heterocycles. The van der Waals surface area contributed by atoms with Crippen molar-refractivity contribution in [2.75, 3.05) is 0 Å². The second-order valence-electron chi connectivity index (χ2n) is 6.00. The zero-order valence-corrected chi connectivity index (χ0v) is 14.4. The molecule has 1 atom stereocenters. The van der Waals surface area contributed by atoms with Crippen LogP contribution in [-0.4, -0.2) is 16.1 Å². The number of nitrogens with two attached hydrogens (primary N) is 1. The second kappa shape index (κ2) is 8.92. The number of nitrogens with zero attached hydrogens (tertiary/aromatic N) is 2. The molecule has 3 aromatic rings. The van der Waals surface area contributed by atoms with E-state index in [4.69, 9.17) is 15.0 Å². The molecule has 1 aromatic heterocycles. The normalized spacial score (nSPS) is 11.9. The van der Waals surface area contributed by atoms with Crippen molar-refractivity contribution in [1.29, 1.82) is 0 Å². The van der Waals surface area contributed by atoms with Gasteiger partial charge >= 0.3 is 5.97 Å². The Hall–Kier alpha value is -2.99. The number of carbonyl (C=O) groups excluding carboxylic acids is 1. The highest BCUT2D eigenvalue weighted by molar-refractivity contribution is 5.69. The maximum atomic E-state index is 11.9. The van der Waals surface area contributed by atoms with E-state index in [9.17, 15) is 4.79 Å². The van der Waals surface area contributed by atoms with Gasteiger partial charge in [-0.25, -0.2) is 0 Å². The summed E-state index contributed by atoms with van der Waals surface area (Å²) in [6, 6.07) is 18.9. The van der Waals surface area contributed by atoms with Crippen molar-refractivity contribution in [2.24, 2.45) is 5.73 Å². The van der Waals surface area contributed by atoms with E-state index in [2.05, 4.69) is 10.1 Å². The summed E-state index contributed by atoms with van der Waals surface area (Å²) in [5.41, 5.74) is 8.10. The van der Waals surface area contributed by atoms with Crippen LogP contribution in [0, 0.1) is 0 Å². The van der Waals surface area contributed by atoms with Gasteiger partial charge in [-0.1, -0.05) is 65.8 Å². The summed E-state index contributed by atoms with van der Waals surface area (Å²) in [6.07, 6.45) is 1.17. The molecule has 0 saturated heterocycles. The van der Waals surface area contributed by atoms with Crippen molar-refractivity contribution >= 4 is 5.97 Å². The van der Waals surface area contributed by atoms with Crippen LogP contribution in [0.4, 0.5) is 0 Å². The van der Waals surface area contributed by atoms with Crippen molar-refractivity contribution < 1.29 is 14.1 Å². The van der Waals surface area contributed by atoms with Gasteiger partial charge < -0.3 is 15.0 Å². The number of hydrogen-bond donors (Lipinski definition) is 1. The number of rotatable bonds is 8. The lowest BCUT2D eigenvalue weighted by molar-refractivity contribution is -0.145. The average Bonchev–Trinajstić information content (AvgIpc) is 3.14. The fraction of sp³-hybridized carbons (Fsp3) is 0.250. The average molecular weight is 351 g/mol. The minimum Gasteiger partial charge on any atom is -0.461 e. The molecular formula is C20H21N3O3. The van der Waals surface area contributed by atoms with E-state index in [1.807, 2.05) is 60.7 Å². The van der Waals surface area contributed by atoms with Crippen molar-refractivity contribution in [2.45, 2.75) is 31.9 Å². The lowest BCUT2D eigenvalue weighted by Gasteiger charge is -2.07. The first kappa shape index (κ1) is 17.8. The van der Waals surface area contributed by atoms with Crippen LogP contribution in [0.2, 0.25) is 0 Å². The van der Waals surface area contributed by atoms with Crippen LogP contribution in [-0.2, 0) is 22.6 Å². The maximum absolute atomic E-state index is 11.9. The largest absolute Gasteiger partial charge is 0.461 e. The summed E-state index contributed by atoms with van der Waals surface area (Å²) >= 11 is 0. The van der Waals surface area contributed by atoms with Crippen LogP contribution < -0.4 is 5.73 Å². The fourth-order valence-corrected chi connectivity index (χ4v) is 2.48. The molecule has 6 heteroatoms. The van der Waals surface area contributed by atoms with E-state index < -0.39 is 6.04 Å². The summed E-state index contributed by atoms with van der Waals surface area (Å²) in [6.45, 7) is 0.261. The van der Waals surface area contributed by atoms with Gasteiger partial charge in [-0.15, -0.1) is 0 Å². The number of aromatic nitrogens is 2. The molecule has 0 aliphatic heterocycles. The lowest BCUT2D eigenvalue weighted by atomic mass is 10.1. The van der Waals surface area contributed by atoms with Gasteiger partial charge in [0.05, 0.1) is 6.04 Å². The number of esters is 1. The van der Waals surface area contributed by atoms with E-state index in [1.165, 1.54) is 0 Å². The van der Waals surface area contributed by atoms with E-state index in [0.29, 0.717) is 24.6 Å². The zero-order chi connectivity index (χ0) is 18.2. The standard InChI is InChI=1S/C20H21N3O3/c21-17(11-12-19(24)25-14-16-9-5-2-6-10-16)20-22-18(23-26-20)13-15-7-3-1-4-8-15/h1-10,17H,11-14,21H2/t17-/m0/s1. The molecule has 0 unspecified atom stereocenters. The first-order valence-electron chi connectivity index (χ1n) is 8.52. The van der Waals surface area contributed by atoms with Gasteiger partial charge in [0.2, 0.25) is 5.89 Å². The zero-order valence-electron chi connectivity index (χ0n) is 14.4. The van der Waals surface area contributed by atoms with E-state index in [1.54, 1.807) is 0 Å². The van der Waals surface area contributed by atoms with Gasteiger partial charge in [0.25, 0.3) is 0 Å². The Balaban J connectivity index is 1.44. The van der Waals surface area contributed by atoms with Gasteiger partial charge in [-0.2, -0.15) is 4.98 Å². The van der Waals surface area contributed by atoms with Crippen LogP contribution in [0.1, 0.15) is 41.7 Å². The molecule has 2 aromatic carbocycles. The van der Waals surface area contributed by atoms with Crippen molar-refractivity contribution in [1.82, 2.24) is 10.1 Å². The smallest absolute Gasteiger partial charge is 0.306 e. The molecule has 0 aliphatic rings. The molecule has 134 valence electrons. The summed E-state index contributed by atoms with van der Waals surface area (Å²) in [5, 5.41) is 3.95. The van der Waals surface area contributed by atoms with Crippen LogP contribution in [0.15, 0.2) is 65.2 Å². The van der Waals surface area contributed by atoms with Gasteiger partial charge in [-0.3, -0.25) is 4.79 Å². The Bertz CT molecular complexity index is 819. The summed E-state index contributed by atoms with van der Waals surface area (Å²) in [7, 11) is 0. The van der Waals surface area contributed by atoms with Crippen molar-refractivity contribution in [3.63, 3.8) is 0 Å². The van der Waals surface area contributed by atoms with Crippen LogP contribution in [0.3, 0.4) is 0 Å². The summed E-state index contributed by atoms with van der Waals surface area (Å²) < 4.78 is 10.5. The van der Waals surface area contributed by atoms with Gasteiger partial charge in [0, 0.05) is 12.8 Å². The van der Waals surface area contributed by atoms with Crippen molar-refractivity contribution in [3.8, 4) is 0 Å². The first-order chi connectivity index (χ1) is 12.7. The van der Waals surface area contributed by atoms with Crippen LogP contribution in [0.5, 0.6) is 0 Å². The van der Waals surface area contributed by atoms with Crippen LogP contribution in [0.25, 0.3) is 0 Å². The number of benzene rings is 2. The Kier molecular flexibility index (Phi) is 6.11. The molecule has 0 amide bonds. The molecule has 0 saturated carbocycles. The van der Waals surface area contributed by atoms with Crippen molar-refractivity contribution in [3.05, 3.63) is 83.5 Å². The number of ether oxygens (including phenoxy) is 1. The van der Waals surface area contributed by atoms with E-state index in [0.717, 1.165) is 11.1 Å². The molecule has 0 aliphatic carbocycles. The predicted octanol–water partition coefficient (Wildman–Crippen LogP) is 3.18. The molecule has 2 N–H and O–H groups in total. The molecular weight excluding hydrogens is 330 g/mol. The molecule has 3 rings (SSSR count). The molecule has 6 nitrogen and oxygen atoms in total. The Morgan fingerprint density at radius 2 is 1.69 bits per heavy atom.